The summed E-state index contributed by atoms with van der Waals surface area (Å²) in [6.07, 6.45) is -3.00. The van der Waals surface area contributed by atoms with Gasteiger partial charge in [0, 0.05) is 10.0 Å². The number of benzene rings is 2. The van der Waals surface area contributed by atoms with E-state index in [1.165, 1.54) is 18.4 Å². The number of halogens is 4. The standard InChI is InChI=1S/C19H16BrF3N2O3/c1-26-16-7-13(20)8-17(27-2)14(16)9-24-18-25-15(10-28-18)11-3-5-12(6-4-11)19(21,22)23/h3-8,10H,9H2,1-2H3,(H,24,25). The summed E-state index contributed by atoms with van der Waals surface area (Å²) >= 11 is 3.39. The van der Waals surface area contributed by atoms with Crippen molar-refractivity contribution in [3.8, 4) is 22.8 Å². The van der Waals surface area contributed by atoms with Crippen LogP contribution in [0, 0.1) is 0 Å². The van der Waals surface area contributed by atoms with Crippen molar-refractivity contribution in [1.29, 1.82) is 0 Å². The van der Waals surface area contributed by atoms with Gasteiger partial charge in [-0.25, -0.2) is 0 Å². The summed E-state index contributed by atoms with van der Waals surface area (Å²) in [7, 11) is 3.11. The number of aromatic nitrogens is 1. The van der Waals surface area contributed by atoms with Crippen LogP contribution in [-0.2, 0) is 12.7 Å². The number of alkyl halides is 3. The minimum atomic E-state index is -4.38. The number of nitrogens with one attached hydrogen (secondary N) is 1. The Morgan fingerprint density at radius 3 is 2.21 bits per heavy atom. The quantitative estimate of drug-likeness (QED) is 0.511. The lowest BCUT2D eigenvalue weighted by Gasteiger charge is -2.14. The Morgan fingerprint density at radius 1 is 1.07 bits per heavy atom. The molecule has 1 heterocycles. The normalized spacial score (nSPS) is 11.4. The Hall–Kier alpha value is -2.68. The van der Waals surface area contributed by atoms with Gasteiger partial charge in [0.05, 0.1) is 31.9 Å². The number of ether oxygens (including phenoxy) is 2. The maximum atomic E-state index is 12.7. The number of hydrogen-bond donors (Lipinski definition) is 1. The Kier molecular flexibility index (Phi) is 5.83. The first-order valence-electron chi connectivity index (χ1n) is 8.09. The summed E-state index contributed by atoms with van der Waals surface area (Å²) < 4.78 is 54.9. The molecule has 5 nitrogen and oxygen atoms in total. The van der Waals surface area contributed by atoms with Gasteiger partial charge in [-0.3, -0.25) is 0 Å². The van der Waals surface area contributed by atoms with Crippen molar-refractivity contribution >= 4 is 21.9 Å². The molecule has 1 aromatic heterocycles. The molecule has 0 saturated carbocycles. The number of methoxy groups -OCH3 is 2. The smallest absolute Gasteiger partial charge is 0.416 e. The van der Waals surface area contributed by atoms with Gasteiger partial charge in [-0.15, -0.1) is 0 Å². The molecule has 0 aliphatic carbocycles. The van der Waals surface area contributed by atoms with E-state index in [1.54, 1.807) is 14.2 Å². The van der Waals surface area contributed by atoms with Crippen LogP contribution < -0.4 is 14.8 Å². The number of anilines is 1. The van der Waals surface area contributed by atoms with Crippen molar-refractivity contribution in [2.45, 2.75) is 12.7 Å². The lowest BCUT2D eigenvalue weighted by atomic mass is 10.1. The fraction of sp³-hybridized carbons (Fsp3) is 0.211. The molecule has 2 aromatic carbocycles. The molecule has 148 valence electrons. The predicted molar refractivity (Wildman–Crippen MR) is 102 cm³/mol. The molecule has 0 radical (unpaired) electrons. The molecular weight excluding hydrogens is 441 g/mol. The molecule has 0 bridgehead atoms. The van der Waals surface area contributed by atoms with E-state index in [2.05, 4.69) is 26.2 Å². The highest BCUT2D eigenvalue weighted by Gasteiger charge is 2.30. The average molecular weight is 457 g/mol. The van der Waals surface area contributed by atoms with E-state index >= 15 is 0 Å². The van der Waals surface area contributed by atoms with Gasteiger partial charge in [0.1, 0.15) is 23.5 Å². The summed E-state index contributed by atoms with van der Waals surface area (Å²) in [5.74, 6) is 1.24. The second kappa shape index (κ2) is 8.14. The fourth-order valence-electron chi connectivity index (χ4n) is 2.61. The molecule has 0 atom stereocenters. The largest absolute Gasteiger partial charge is 0.496 e. The van der Waals surface area contributed by atoms with Gasteiger partial charge in [0.25, 0.3) is 6.01 Å². The third-order valence-corrected chi connectivity index (χ3v) is 4.46. The molecule has 3 rings (SSSR count). The minimum Gasteiger partial charge on any atom is -0.496 e. The molecule has 0 unspecified atom stereocenters. The van der Waals surface area contributed by atoms with Crippen LogP contribution in [0.2, 0.25) is 0 Å². The highest BCUT2D eigenvalue weighted by atomic mass is 79.9. The number of rotatable bonds is 6. The Balaban J connectivity index is 1.76. The molecule has 0 amide bonds. The molecule has 3 aromatic rings. The number of nitrogens with zero attached hydrogens (tertiary/aromatic N) is 1. The molecule has 0 aliphatic heterocycles. The zero-order valence-corrected chi connectivity index (χ0v) is 16.5. The van der Waals surface area contributed by atoms with Crippen molar-refractivity contribution in [2.24, 2.45) is 0 Å². The molecule has 28 heavy (non-hydrogen) atoms. The monoisotopic (exact) mass is 456 g/mol. The first kappa shape index (κ1) is 20.1. The highest BCUT2D eigenvalue weighted by Crippen LogP contribution is 2.34. The predicted octanol–water partition coefficient (Wildman–Crippen LogP) is 5.75. The SMILES string of the molecule is COc1cc(Br)cc(OC)c1CNc1nc(-c2ccc(C(F)(F)F)cc2)co1. The second-order valence-electron chi connectivity index (χ2n) is 5.76. The minimum absolute atomic E-state index is 0.224. The van der Waals surface area contributed by atoms with Crippen LogP contribution in [0.4, 0.5) is 19.2 Å². The molecule has 0 saturated heterocycles. The van der Waals surface area contributed by atoms with E-state index in [0.717, 1.165) is 22.2 Å². The van der Waals surface area contributed by atoms with Crippen LogP contribution in [0.5, 0.6) is 11.5 Å². The van der Waals surface area contributed by atoms with Crippen molar-refractivity contribution in [1.82, 2.24) is 4.98 Å². The molecule has 1 N–H and O–H groups in total. The third-order valence-electron chi connectivity index (χ3n) is 4.00. The topological polar surface area (TPSA) is 56.5 Å². The van der Waals surface area contributed by atoms with Crippen LogP contribution in [-0.4, -0.2) is 19.2 Å². The van der Waals surface area contributed by atoms with Gasteiger partial charge in [-0.1, -0.05) is 28.1 Å². The summed E-state index contributed by atoms with van der Waals surface area (Å²) in [5.41, 5.74) is 0.990. The van der Waals surface area contributed by atoms with Crippen LogP contribution in [0.3, 0.4) is 0 Å². The second-order valence-corrected chi connectivity index (χ2v) is 6.67. The van der Waals surface area contributed by atoms with Gasteiger partial charge >= 0.3 is 6.18 Å². The third kappa shape index (κ3) is 4.41. The number of hydrogen-bond acceptors (Lipinski definition) is 5. The maximum absolute atomic E-state index is 12.7. The van der Waals surface area contributed by atoms with Crippen molar-refractivity contribution in [3.05, 3.63) is 58.3 Å². The molecule has 9 heteroatoms. The first-order valence-corrected chi connectivity index (χ1v) is 8.88. The Morgan fingerprint density at radius 2 is 1.68 bits per heavy atom. The van der Waals surface area contributed by atoms with Gasteiger partial charge in [0.15, 0.2) is 0 Å². The van der Waals surface area contributed by atoms with Gasteiger partial charge < -0.3 is 19.2 Å². The highest BCUT2D eigenvalue weighted by molar-refractivity contribution is 9.10. The van der Waals surface area contributed by atoms with Gasteiger partial charge in [-0.2, -0.15) is 18.2 Å². The lowest BCUT2D eigenvalue weighted by molar-refractivity contribution is -0.137. The maximum Gasteiger partial charge on any atom is 0.416 e. The van der Waals surface area contributed by atoms with Crippen LogP contribution >= 0.6 is 15.9 Å². The fourth-order valence-corrected chi connectivity index (χ4v) is 3.02. The van der Waals surface area contributed by atoms with Gasteiger partial charge in [0.2, 0.25) is 0 Å². The van der Waals surface area contributed by atoms with Crippen LogP contribution in [0.25, 0.3) is 11.3 Å². The van der Waals surface area contributed by atoms with E-state index in [-0.39, 0.29) is 6.01 Å². The molecular formula is C19H16BrF3N2O3. The summed E-state index contributed by atoms with van der Waals surface area (Å²) in [6.45, 7) is 0.312. The molecule has 0 fully saturated rings. The van der Waals surface area contributed by atoms with Crippen molar-refractivity contribution in [3.63, 3.8) is 0 Å². The summed E-state index contributed by atoms with van der Waals surface area (Å²) in [4.78, 5) is 4.27. The van der Waals surface area contributed by atoms with E-state index in [9.17, 15) is 13.2 Å². The van der Waals surface area contributed by atoms with Gasteiger partial charge in [-0.05, 0) is 24.3 Å². The van der Waals surface area contributed by atoms with Crippen LogP contribution in [0.1, 0.15) is 11.1 Å². The average Bonchev–Trinajstić information content (AvgIpc) is 3.14. The van der Waals surface area contributed by atoms with E-state index in [4.69, 9.17) is 13.9 Å². The van der Waals surface area contributed by atoms with Crippen molar-refractivity contribution < 1.29 is 27.1 Å². The zero-order chi connectivity index (χ0) is 20.3. The van der Waals surface area contributed by atoms with Crippen LogP contribution in [0.15, 0.2) is 51.6 Å². The molecule has 0 spiro atoms. The zero-order valence-electron chi connectivity index (χ0n) is 14.9. The van der Waals surface area contributed by atoms with E-state index < -0.39 is 11.7 Å². The van der Waals surface area contributed by atoms with E-state index in [1.807, 2.05) is 12.1 Å². The van der Waals surface area contributed by atoms with Crippen molar-refractivity contribution in [2.75, 3.05) is 19.5 Å². The Labute approximate surface area is 167 Å². The summed E-state index contributed by atoms with van der Waals surface area (Å²) in [5, 5.41) is 3.02. The van der Waals surface area contributed by atoms with E-state index in [0.29, 0.717) is 29.3 Å². The number of oxazole rings is 1. The first-order chi connectivity index (χ1) is 13.3. The Bertz CT molecular complexity index is 931. The lowest BCUT2D eigenvalue weighted by Crippen LogP contribution is -2.05. The molecule has 0 aliphatic rings. The summed E-state index contributed by atoms with van der Waals surface area (Å²) in [6, 6.07) is 8.56.